The molecule has 2 aromatic carbocycles. The predicted octanol–water partition coefficient (Wildman–Crippen LogP) is 5.52. The number of aromatic nitrogens is 1. The fourth-order valence-corrected chi connectivity index (χ4v) is 6.85. The average molecular weight is 498 g/mol. The van der Waals surface area contributed by atoms with Crippen LogP contribution in [0.15, 0.2) is 41.3 Å². The number of fused-ring (bicyclic) bond motifs is 1. The van der Waals surface area contributed by atoms with Crippen LogP contribution in [0.5, 0.6) is 0 Å². The normalized spacial score (nSPS) is 20.1. The molecule has 6 nitrogen and oxygen atoms in total. The second-order valence-electron chi connectivity index (χ2n) is 7.97. The second-order valence-corrected chi connectivity index (χ2v) is 11.7. The molecule has 1 N–H and O–H groups in total. The lowest BCUT2D eigenvalue weighted by Crippen LogP contribution is -2.42. The van der Waals surface area contributed by atoms with Gasteiger partial charge < -0.3 is 0 Å². The Morgan fingerprint density at radius 3 is 2.39 bits per heavy atom. The molecule has 1 aromatic heterocycles. The molecule has 4 rings (SSSR count). The Balaban J connectivity index is 1.51. The molecule has 3 aromatic rings. The highest BCUT2D eigenvalue weighted by Gasteiger charge is 2.31. The van der Waals surface area contributed by atoms with Gasteiger partial charge in [0.15, 0.2) is 5.13 Å². The largest absolute Gasteiger partial charge is 0.298 e. The fraction of sp³-hybridized carbons (Fsp3) is 0.333. The minimum atomic E-state index is -3.59. The topological polar surface area (TPSA) is 79.4 Å². The van der Waals surface area contributed by atoms with Crippen LogP contribution < -0.4 is 5.32 Å². The van der Waals surface area contributed by atoms with Gasteiger partial charge in [-0.3, -0.25) is 10.1 Å². The third-order valence-electron chi connectivity index (χ3n) is 5.26. The van der Waals surface area contributed by atoms with E-state index in [2.05, 4.69) is 24.1 Å². The lowest BCUT2D eigenvalue weighted by molar-refractivity contribution is 0.102. The highest BCUT2D eigenvalue weighted by Crippen LogP contribution is 2.35. The van der Waals surface area contributed by atoms with Crippen molar-refractivity contribution in [1.82, 2.24) is 9.29 Å². The van der Waals surface area contributed by atoms with Crippen LogP contribution in [-0.4, -0.2) is 36.7 Å². The monoisotopic (exact) mass is 497 g/mol. The Morgan fingerprint density at radius 1 is 1.10 bits per heavy atom. The molecule has 1 aliphatic rings. The third kappa shape index (κ3) is 4.59. The van der Waals surface area contributed by atoms with Crippen molar-refractivity contribution >= 4 is 65.8 Å². The molecule has 2 unspecified atom stereocenters. The van der Waals surface area contributed by atoms with Crippen molar-refractivity contribution in [2.75, 3.05) is 18.4 Å². The first kappa shape index (κ1) is 22.5. The molecular formula is C21H21Cl2N3O3S2. The molecule has 2 atom stereocenters. The van der Waals surface area contributed by atoms with Crippen LogP contribution in [-0.2, 0) is 10.0 Å². The molecule has 0 radical (unpaired) electrons. The molecule has 0 aliphatic carbocycles. The zero-order valence-electron chi connectivity index (χ0n) is 16.9. The number of amides is 1. The fourth-order valence-electron chi connectivity index (χ4n) is 3.89. The zero-order chi connectivity index (χ0) is 22.3. The van der Waals surface area contributed by atoms with E-state index >= 15 is 0 Å². The van der Waals surface area contributed by atoms with Crippen molar-refractivity contribution in [3.05, 3.63) is 52.0 Å². The van der Waals surface area contributed by atoms with Crippen LogP contribution in [0.3, 0.4) is 0 Å². The lowest BCUT2D eigenvalue weighted by Gasteiger charge is -2.34. The Hall–Kier alpha value is -1.71. The van der Waals surface area contributed by atoms with Gasteiger partial charge in [-0.1, -0.05) is 48.4 Å². The predicted molar refractivity (Wildman–Crippen MR) is 126 cm³/mol. The number of anilines is 1. The molecule has 2 heterocycles. The first-order valence-corrected chi connectivity index (χ1v) is 12.8. The molecular weight excluding hydrogens is 477 g/mol. The molecule has 1 aliphatic heterocycles. The number of nitrogens with one attached hydrogen (secondary N) is 1. The van der Waals surface area contributed by atoms with E-state index in [1.54, 1.807) is 12.1 Å². The quantitative estimate of drug-likeness (QED) is 0.514. The number of hydrogen-bond donors (Lipinski definition) is 1. The highest BCUT2D eigenvalue weighted by molar-refractivity contribution is 7.89. The SMILES string of the molecule is CC1CC(C)CN(S(=O)(=O)c2ccc(C(=O)Nc3nc4c(Cl)c(Cl)ccc4s3)cc2)C1. The first-order valence-electron chi connectivity index (χ1n) is 9.81. The smallest absolute Gasteiger partial charge is 0.257 e. The third-order valence-corrected chi connectivity index (χ3v) is 8.84. The van der Waals surface area contributed by atoms with Crippen LogP contribution in [0, 0.1) is 11.8 Å². The molecule has 1 saturated heterocycles. The second kappa shape index (κ2) is 8.67. The van der Waals surface area contributed by atoms with Crippen molar-refractivity contribution in [3.8, 4) is 0 Å². The summed E-state index contributed by atoms with van der Waals surface area (Å²) in [6.07, 6.45) is 1.02. The van der Waals surface area contributed by atoms with Crippen LogP contribution >= 0.6 is 34.5 Å². The molecule has 164 valence electrons. The molecule has 1 fully saturated rings. The van der Waals surface area contributed by atoms with E-state index in [-0.39, 0.29) is 10.8 Å². The maximum absolute atomic E-state index is 13.0. The Bertz CT molecular complexity index is 1230. The molecule has 0 spiro atoms. The van der Waals surface area contributed by atoms with E-state index in [9.17, 15) is 13.2 Å². The van der Waals surface area contributed by atoms with E-state index < -0.39 is 10.0 Å². The van der Waals surface area contributed by atoms with E-state index in [0.717, 1.165) is 11.1 Å². The van der Waals surface area contributed by atoms with Crippen LogP contribution in [0.4, 0.5) is 5.13 Å². The highest BCUT2D eigenvalue weighted by atomic mass is 35.5. The van der Waals surface area contributed by atoms with Gasteiger partial charge in [0.1, 0.15) is 5.52 Å². The minimum absolute atomic E-state index is 0.187. The standard InChI is InChI=1S/C21H21Cl2N3O3S2/c1-12-9-13(2)11-26(10-12)31(28,29)15-5-3-14(4-6-15)20(27)25-21-24-19-17(30-21)8-7-16(22)18(19)23/h3-8,12-13H,9-11H2,1-2H3,(H,24,25,27). The molecule has 31 heavy (non-hydrogen) atoms. The summed E-state index contributed by atoms with van der Waals surface area (Å²) in [5.41, 5.74) is 0.864. The van der Waals surface area contributed by atoms with Gasteiger partial charge in [0.2, 0.25) is 10.0 Å². The summed E-state index contributed by atoms with van der Waals surface area (Å²) >= 11 is 13.5. The number of rotatable bonds is 4. The van der Waals surface area contributed by atoms with Gasteiger partial charge in [-0.15, -0.1) is 0 Å². The maximum atomic E-state index is 13.0. The van der Waals surface area contributed by atoms with Gasteiger partial charge in [0.25, 0.3) is 5.91 Å². The summed E-state index contributed by atoms with van der Waals surface area (Å²) in [5, 5.41) is 3.86. The van der Waals surface area contributed by atoms with Crippen LogP contribution in [0.25, 0.3) is 10.2 Å². The van der Waals surface area contributed by atoms with E-state index in [1.807, 2.05) is 0 Å². The van der Waals surface area contributed by atoms with Crippen LogP contribution in [0.2, 0.25) is 10.0 Å². The van der Waals surface area contributed by atoms with Crippen molar-refractivity contribution in [2.45, 2.75) is 25.2 Å². The van der Waals surface area contributed by atoms with Gasteiger partial charge in [-0.25, -0.2) is 13.4 Å². The molecule has 10 heteroatoms. The van der Waals surface area contributed by atoms with E-state index in [0.29, 0.717) is 51.2 Å². The Morgan fingerprint density at radius 2 is 1.74 bits per heavy atom. The summed E-state index contributed by atoms with van der Waals surface area (Å²) in [6.45, 7) is 5.15. The number of nitrogens with zero attached hydrogens (tertiary/aromatic N) is 2. The zero-order valence-corrected chi connectivity index (χ0v) is 20.1. The summed E-state index contributed by atoms with van der Waals surface area (Å²) in [7, 11) is -3.59. The van der Waals surface area contributed by atoms with Crippen molar-refractivity contribution in [1.29, 1.82) is 0 Å². The summed E-state index contributed by atoms with van der Waals surface area (Å²) in [6, 6.07) is 9.44. The number of piperidine rings is 1. The van der Waals surface area contributed by atoms with Gasteiger partial charge >= 0.3 is 0 Å². The number of carbonyl (C=O) groups is 1. The Labute approximate surface area is 195 Å². The van der Waals surface area contributed by atoms with Crippen molar-refractivity contribution in [2.24, 2.45) is 11.8 Å². The lowest BCUT2D eigenvalue weighted by atomic mass is 9.94. The number of halogens is 2. The minimum Gasteiger partial charge on any atom is -0.298 e. The van der Waals surface area contributed by atoms with Gasteiger partial charge in [0.05, 0.1) is 19.6 Å². The number of hydrogen-bond acceptors (Lipinski definition) is 5. The van der Waals surface area contributed by atoms with Crippen molar-refractivity contribution in [3.63, 3.8) is 0 Å². The average Bonchev–Trinajstić information content (AvgIpc) is 3.13. The Kier molecular flexibility index (Phi) is 6.29. The van der Waals surface area contributed by atoms with Crippen LogP contribution in [0.1, 0.15) is 30.6 Å². The summed E-state index contributed by atoms with van der Waals surface area (Å²) in [5.74, 6) is 0.256. The van der Waals surface area contributed by atoms with Crippen molar-refractivity contribution < 1.29 is 13.2 Å². The number of thiazole rings is 1. The molecule has 0 bridgehead atoms. The first-order chi connectivity index (χ1) is 14.6. The van der Waals surface area contributed by atoms with Gasteiger partial charge in [-0.2, -0.15) is 4.31 Å². The maximum Gasteiger partial charge on any atom is 0.257 e. The number of sulfonamides is 1. The van der Waals surface area contributed by atoms with Gasteiger partial charge in [-0.05, 0) is 54.7 Å². The number of carbonyl (C=O) groups excluding carboxylic acids is 1. The van der Waals surface area contributed by atoms with E-state index in [1.165, 1.54) is 39.9 Å². The van der Waals surface area contributed by atoms with Gasteiger partial charge in [0, 0.05) is 18.7 Å². The summed E-state index contributed by atoms with van der Waals surface area (Å²) in [4.78, 5) is 17.2. The molecule has 0 saturated carbocycles. The van der Waals surface area contributed by atoms with E-state index in [4.69, 9.17) is 23.2 Å². The molecule has 1 amide bonds. The number of benzene rings is 2. The summed E-state index contributed by atoms with van der Waals surface area (Å²) < 4.78 is 28.3.